The van der Waals surface area contributed by atoms with E-state index in [1.165, 1.54) is 5.06 Å². The van der Waals surface area contributed by atoms with Gasteiger partial charge in [0.1, 0.15) is 0 Å². The summed E-state index contributed by atoms with van der Waals surface area (Å²) in [6.45, 7) is 6.99. The van der Waals surface area contributed by atoms with Gasteiger partial charge in [0.15, 0.2) is 0 Å². The fourth-order valence-corrected chi connectivity index (χ4v) is 0.884. The lowest BCUT2D eigenvalue weighted by Crippen LogP contribution is -2.33. The van der Waals surface area contributed by atoms with Crippen molar-refractivity contribution in [2.24, 2.45) is 5.73 Å². The van der Waals surface area contributed by atoms with E-state index in [0.717, 1.165) is 12.8 Å². The Kier molecular flexibility index (Phi) is 5.66. The van der Waals surface area contributed by atoms with Crippen LogP contribution < -0.4 is 5.73 Å². The molecule has 0 fully saturated rings. The SMILES string of the molecule is CC(C)(C)ON(C=O)CCCCN. The molecule has 13 heavy (non-hydrogen) atoms. The molecule has 0 heterocycles. The largest absolute Gasteiger partial charge is 0.330 e. The van der Waals surface area contributed by atoms with E-state index in [-0.39, 0.29) is 5.60 Å². The molecule has 0 bridgehead atoms. The molecule has 0 saturated carbocycles. The molecule has 0 aliphatic heterocycles. The summed E-state index contributed by atoms with van der Waals surface area (Å²) in [6, 6.07) is 0. The Morgan fingerprint density at radius 2 is 2.00 bits per heavy atom. The highest BCUT2D eigenvalue weighted by Gasteiger charge is 2.15. The standard InChI is InChI=1S/C9H20N2O2/c1-9(2,3)13-11(8-12)7-5-4-6-10/h8H,4-7,10H2,1-3H3. The molecule has 0 aliphatic rings. The molecule has 1 amide bonds. The minimum Gasteiger partial charge on any atom is -0.330 e. The molecular weight excluding hydrogens is 168 g/mol. The Morgan fingerprint density at radius 1 is 1.38 bits per heavy atom. The van der Waals surface area contributed by atoms with Crippen LogP contribution in [0.15, 0.2) is 0 Å². The van der Waals surface area contributed by atoms with Crippen LogP contribution in [0.3, 0.4) is 0 Å². The molecule has 0 aromatic carbocycles. The van der Waals surface area contributed by atoms with Crippen molar-refractivity contribution in [2.75, 3.05) is 13.1 Å². The van der Waals surface area contributed by atoms with Gasteiger partial charge in [-0.25, -0.2) is 5.06 Å². The van der Waals surface area contributed by atoms with Gasteiger partial charge in [-0.2, -0.15) is 0 Å². The smallest absolute Gasteiger partial charge is 0.233 e. The van der Waals surface area contributed by atoms with E-state index in [9.17, 15) is 4.79 Å². The monoisotopic (exact) mass is 188 g/mol. The summed E-state index contributed by atoms with van der Waals surface area (Å²) in [7, 11) is 0. The first-order valence-corrected chi connectivity index (χ1v) is 4.61. The van der Waals surface area contributed by atoms with Crippen molar-refractivity contribution in [1.29, 1.82) is 0 Å². The van der Waals surface area contributed by atoms with Crippen LogP contribution in [0.4, 0.5) is 0 Å². The van der Waals surface area contributed by atoms with Crippen LogP contribution >= 0.6 is 0 Å². The molecule has 0 radical (unpaired) electrons. The van der Waals surface area contributed by atoms with Crippen LogP contribution in [-0.4, -0.2) is 30.2 Å². The van der Waals surface area contributed by atoms with E-state index in [1.54, 1.807) is 0 Å². The predicted octanol–water partition coefficient (Wildman–Crippen LogP) is 0.914. The van der Waals surface area contributed by atoms with Crippen LogP contribution in [0, 0.1) is 0 Å². The molecule has 0 rings (SSSR count). The van der Waals surface area contributed by atoms with Crippen molar-refractivity contribution in [2.45, 2.75) is 39.2 Å². The maximum Gasteiger partial charge on any atom is 0.233 e. The van der Waals surface area contributed by atoms with Gasteiger partial charge in [0.05, 0.1) is 5.60 Å². The van der Waals surface area contributed by atoms with Crippen molar-refractivity contribution < 1.29 is 9.63 Å². The zero-order chi connectivity index (χ0) is 10.3. The number of amides is 1. The minimum atomic E-state index is -0.316. The summed E-state index contributed by atoms with van der Waals surface area (Å²) >= 11 is 0. The third-order valence-electron chi connectivity index (χ3n) is 1.34. The van der Waals surface area contributed by atoms with E-state index in [4.69, 9.17) is 10.6 Å². The summed E-state index contributed by atoms with van der Waals surface area (Å²) in [5, 5.41) is 1.33. The highest BCUT2D eigenvalue weighted by atomic mass is 16.7. The van der Waals surface area contributed by atoms with Crippen molar-refractivity contribution >= 4 is 6.41 Å². The lowest BCUT2D eigenvalue weighted by Gasteiger charge is -2.26. The van der Waals surface area contributed by atoms with Crippen LogP contribution in [0.1, 0.15) is 33.6 Å². The minimum absolute atomic E-state index is 0.316. The Bertz CT molecular complexity index is 143. The number of nitrogens with zero attached hydrogens (tertiary/aromatic N) is 1. The first-order chi connectivity index (χ1) is 5.99. The second kappa shape index (κ2) is 5.94. The van der Waals surface area contributed by atoms with E-state index in [0.29, 0.717) is 19.5 Å². The summed E-state index contributed by atoms with van der Waals surface area (Å²) in [5.41, 5.74) is 5.02. The van der Waals surface area contributed by atoms with Crippen molar-refractivity contribution in [3.8, 4) is 0 Å². The Hall–Kier alpha value is -0.610. The number of unbranched alkanes of at least 4 members (excludes halogenated alkanes) is 1. The molecule has 0 aromatic rings. The van der Waals surface area contributed by atoms with Gasteiger partial charge in [0.25, 0.3) is 0 Å². The van der Waals surface area contributed by atoms with E-state index in [1.807, 2.05) is 20.8 Å². The third kappa shape index (κ3) is 7.74. The van der Waals surface area contributed by atoms with Gasteiger partial charge in [-0.3, -0.25) is 9.63 Å². The number of rotatable bonds is 6. The quantitative estimate of drug-likeness (QED) is 0.383. The average Bonchev–Trinajstić information content (AvgIpc) is 2.01. The normalized spacial score (nSPS) is 11.4. The third-order valence-corrected chi connectivity index (χ3v) is 1.34. The zero-order valence-electron chi connectivity index (χ0n) is 8.75. The van der Waals surface area contributed by atoms with Gasteiger partial charge in [-0.05, 0) is 40.2 Å². The van der Waals surface area contributed by atoms with Crippen molar-refractivity contribution in [3.63, 3.8) is 0 Å². The number of hydrogen-bond donors (Lipinski definition) is 1. The first-order valence-electron chi connectivity index (χ1n) is 4.61. The van der Waals surface area contributed by atoms with Gasteiger partial charge in [-0.1, -0.05) is 0 Å². The van der Waals surface area contributed by atoms with Gasteiger partial charge >= 0.3 is 0 Å². The van der Waals surface area contributed by atoms with Gasteiger partial charge in [0.2, 0.25) is 6.41 Å². The van der Waals surface area contributed by atoms with Crippen LogP contribution in [0.2, 0.25) is 0 Å². The van der Waals surface area contributed by atoms with Crippen molar-refractivity contribution in [3.05, 3.63) is 0 Å². The highest BCUT2D eigenvalue weighted by molar-refractivity contribution is 5.44. The first kappa shape index (κ1) is 12.4. The molecule has 0 spiro atoms. The molecule has 78 valence electrons. The topological polar surface area (TPSA) is 55.6 Å². The van der Waals surface area contributed by atoms with Crippen LogP contribution in [0.5, 0.6) is 0 Å². The number of nitrogens with two attached hydrogens (primary N) is 1. The second-order valence-electron chi connectivity index (χ2n) is 3.95. The predicted molar refractivity (Wildman–Crippen MR) is 51.9 cm³/mol. The summed E-state index contributed by atoms with van der Waals surface area (Å²) in [6.07, 6.45) is 2.50. The average molecular weight is 188 g/mol. The summed E-state index contributed by atoms with van der Waals surface area (Å²) in [4.78, 5) is 15.9. The van der Waals surface area contributed by atoms with E-state index in [2.05, 4.69) is 0 Å². The van der Waals surface area contributed by atoms with Gasteiger partial charge in [-0.15, -0.1) is 0 Å². The lowest BCUT2D eigenvalue weighted by molar-refractivity contribution is -0.216. The summed E-state index contributed by atoms with van der Waals surface area (Å²) in [5.74, 6) is 0. The van der Waals surface area contributed by atoms with E-state index < -0.39 is 0 Å². The molecular formula is C9H20N2O2. The molecule has 0 aromatic heterocycles. The molecule has 4 heteroatoms. The number of carbonyl (C=O) groups is 1. The maximum atomic E-state index is 10.5. The van der Waals surface area contributed by atoms with Crippen LogP contribution in [-0.2, 0) is 9.63 Å². The van der Waals surface area contributed by atoms with E-state index >= 15 is 0 Å². The zero-order valence-corrected chi connectivity index (χ0v) is 8.75. The molecule has 0 saturated heterocycles. The Labute approximate surface area is 80.0 Å². The Morgan fingerprint density at radius 3 is 2.38 bits per heavy atom. The van der Waals surface area contributed by atoms with Crippen molar-refractivity contribution in [1.82, 2.24) is 5.06 Å². The fraction of sp³-hybridized carbons (Fsp3) is 0.889. The molecule has 0 atom stereocenters. The molecule has 0 aliphatic carbocycles. The van der Waals surface area contributed by atoms with Gasteiger partial charge in [0, 0.05) is 6.54 Å². The number of hydrogen-bond acceptors (Lipinski definition) is 3. The van der Waals surface area contributed by atoms with Gasteiger partial charge < -0.3 is 5.73 Å². The molecule has 4 nitrogen and oxygen atoms in total. The molecule has 0 unspecified atom stereocenters. The summed E-state index contributed by atoms with van der Waals surface area (Å²) < 4.78 is 0. The maximum absolute atomic E-state index is 10.5. The number of hydroxylamine groups is 2. The second-order valence-corrected chi connectivity index (χ2v) is 3.95. The number of carbonyl (C=O) groups excluding carboxylic acids is 1. The van der Waals surface area contributed by atoms with Crippen LogP contribution in [0.25, 0.3) is 0 Å². The fourth-order valence-electron chi connectivity index (χ4n) is 0.884. The lowest BCUT2D eigenvalue weighted by atomic mass is 10.2. The Balaban J connectivity index is 3.70. The molecule has 2 N–H and O–H groups in total. The highest BCUT2D eigenvalue weighted by Crippen LogP contribution is 2.09.